The summed E-state index contributed by atoms with van der Waals surface area (Å²) < 4.78 is 6.83. The number of hydrogen-bond donors (Lipinski definition) is 0. The number of benzene rings is 2. The van der Waals surface area contributed by atoms with Gasteiger partial charge in [0.15, 0.2) is 0 Å². The van der Waals surface area contributed by atoms with Gasteiger partial charge in [0, 0.05) is 21.6 Å². The summed E-state index contributed by atoms with van der Waals surface area (Å²) in [6.45, 7) is 0.519. The van der Waals surface area contributed by atoms with Gasteiger partial charge in [0.1, 0.15) is 12.4 Å². The van der Waals surface area contributed by atoms with Crippen molar-refractivity contribution >= 4 is 26.8 Å². The third kappa shape index (κ3) is 2.76. The van der Waals surface area contributed by atoms with Crippen LogP contribution < -0.4 is 4.74 Å². The standard InChI is InChI=1S/C16H12BrNO/c17-14-7-2-8-15(10-14)19-11-13-5-1-4-12-6-3-9-18-16(12)13/h1-10H,11H2. The molecule has 0 amide bonds. The summed E-state index contributed by atoms with van der Waals surface area (Å²) in [7, 11) is 0. The number of halogens is 1. The van der Waals surface area contributed by atoms with Gasteiger partial charge in [-0.05, 0) is 24.3 Å². The Morgan fingerprint density at radius 1 is 1.00 bits per heavy atom. The lowest BCUT2D eigenvalue weighted by Gasteiger charge is -2.08. The second-order valence-electron chi connectivity index (χ2n) is 4.24. The first-order chi connectivity index (χ1) is 9.33. The predicted octanol–water partition coefficient (Wildman–Crippen LogP) is 4.58. The van der Waals surface area contributed by atoms with Crippen LogP contribution in [0.15, 0.2) is 65.3 Å². The fourth-order valence-corrected chi connectivity index (χ4v) is 2.38. The average molecular weight is 314 g/mol. The number of para-hydroxylation sites is 1. The number of pyridine rings is 1. The van der Waals surface area contributed by atoms with E-state index < -0.39 is 0 Å². The molecule has 0 aliphatic heterocycles. The molecule has 94 valence electrons. The number of hydrogen-bond acceptors (Lipinski definition) is 2. The molecule has 0 fully saturated rings. The highest BCUT2D eigenvalue weighted by Gasteiger charge is 2.02. The molecule has 0 atom stereocenters. The van der Waals surface area contributed by atoms with Gasteiger partial charge in [-0.25, -0.2) is 0 Å². The normalized spacial score (nSPS) is 10.6. The highest BCUT2D eigenvalue weighted by Crippen LogP contribution is 2.21. The Morgan fingerprint density at radius 3 is 2.74 bits per heavy atom. The van der Waals surface area contributed by atoms with E-state index in [9.17, 15) is 0 Å². The predicted molar refractivity (Wildman–Crippen MR) is 80.2 cm³/mol. The van der Waals surface area contributed by atoms with Crippen LogP contribution in [-0.4, -0.2) is 4.98 Å². The summed E-state index contributed by atoms with van der Waals surface area (Å²) in [5, 5.41) is 1.14. The lowest BCUT2D eigenvalue weighted by molar-refractivity contribution is 0.307. The Labute approximate surface area is 120 Å². The molecule has 3 aromatic rings. The van der Waals surface area contributed by atoms with E-state index in [1.54, 1.807) is 0 Å². The van der Waals surface area contributed by atoms with Crippen molar-refractivity contribution < 1.29 is 4.74 Å². The summed E-state index contributed by atoms with van der Waals surface area (Å²) in [6.07, 6.45) is 1.81. The minimum atomic E-state index is 0.519. The first-order valence-electron chi connectivity index (χ1n) is 6.04. The number of rotatable bonds is 3. The van der Waals surface area contributed by atoms with Crippen molar-refractivity contribution in [2.75, 3.05) is 0 Å². The molecular formula is C16H12BrNO. The maximum atomic E-state index is 5.81. The van der Waals surface area contributed by atoms with Gasteiger partial charge in [-0.3, -0.25) is 4.98 Å². The first kappa shape index (κ1) is 12.2. The molecule has 0 saturated heterocycles. The topological polar surface area (TPSA) is 22.1 Å². The SMILES string of the molecule is Brc1cccc(OCc2cccc3cccnc23)c1. The molecule has 2 aromatic carbocycles. The zero-order valence-corrected chi connectivity index (χ0v) is 11.8. The third-order valence-corrected chi connectivity index (χ3v) is 3.40. The quantitative estimate of drug-likeness (QED) is 0.706. The maximum Gasteiger partial charge on any atom is 0.120 e. The molecule has 0 N–H and O–H groups in total. The maximum absolute atomic E-state index is 5.81. The van der Waals surface area contributed by atoms with Crippen LogP contribution in [0.2, 0.25) is 0 Å². The molecule has 1 heterocycles. The molecule has 0 aliphatic carbocycles. The molecule has 0 saturated carbocycles. The first-order valence-corrected chi connectivity index (χ1v) is 6.83. The monoisotopic (exact) mass is 313 g/mol. The van der Waals surface area contributed by atoms with Gasteiger partial charge < -0.3 is 4.74 Å². The molecule has 0 spiro atoms. The van der Waals surface area contributed by atoms with E-state index in [1.165, 1.54) is 0 Å². The molecule has 0 unspecified atom stereocenters. The van der Waals surface area contributed by atoms with Crippen LogP contribution in [0.1, 0.15) is 5.56 Å². The minimum absolute atomic E-state index is 0.519. The fraction of sp³-hybridized carbons (Fsp3) is 0.0625. The third-order valence-electron chi connectivity index (χ3n) is 2.91. The van der Waals surface area contributed by atoms with E-state index in [1.807, 2.05) is 48.7 Å². The largest absolute Gasteiger partial charge is 0.489 e. The minimum Gasteiger partial charge on any atom is -0.489 e. The van der Waals surface area contributed by atoms with E-state index >= 15 is 0 Å². The van der Waals surface area contributed by atoms with Gasteiger partial charge in [-0.2, -0.15) is 0 Å². The summed E-state index contributed by atoms with van der Waals surface area (Å²) >= 11 is 3.44. The van der Waals surface area contributed by atoms with Gasteiger partial charge in [-0.15, -0.1) is 0 Å². The molecule has 3 heteroatoms. The molecule has 3 rings (SSSR count). The Morgan fingerprint density at radius 2 is 1.84 bits per heavy atom. The fourth-order valence-electron chi connectivity index (χ4n) is 2.00. The molecule has 19 heavy (non-hydrogen) atoms. The molecule has 0 aliphatic rings. The zero-order valence-electron chi connectivity index (χ0n) is 10.2. The summed E-state index contributed by atoms with van der Waals surface area (Å²) in [6, 6.07) is 18.0. The highest BCUT2D eigenvalue weighted by molar-refractivity contribution is 9.10. The van der Waals surface area contributed by atoms with Gasteiger partial charge in [0.25, 0.3) is 0 Å². The second kappa shape index (κ2) is 5.41. The van der Waals surface area contributed by atoms with Crippen molar-refractivity contribution in [3.63, 3.8) is 0 Å². The summed E-state index contributed by atoms with van der Waals surface area (Å²) in [5.74, 6) is 0.849. The van der Waals surface area contributed by atoms with Crippen LogP contribution in [-0.2, 0) is 6.61 Å². The van der Waals surface area contributed by atoms with Crippen molar-refractivity contribution in [3.8, 4) is 5.75 Å². The molecule has 0 bridgehead atoms. The number of ether oxygens (including phenoxy) is 1. The number of aromatic nitrogens is 1. The van der Waals surface area contributed by atoms with Crippen molar-refractivity contribution in [2.24, 2.45) is 0 Å². The number of fused-ring (bicyclic) bond motifs is 1. The second-order valence-corrected chi connectivity index (χ2v) is 5.15. The van der Waals surface area contributed by atoms with Gasteiger partial charge >= 0.3 is 0 Å². The average Bonchev–Trinajstić information content (AvgIpc) is 2.45. The van der Waals surface area contributed by atoms with Crippen molar-refractivity contribution in [2.45, 2.75) is 6.61 Å². The molecule has 0 radical (unpaired) electrons. The lowest BCUT2D eigenvalue weighted by atomic mass is 10.1. The molecule has 1 aromatic heterocycles. The van der Waals surface area contributed by atoms with Crippen molar-refractivity contribution in [3.05, 3.63) is 70.8 Å². The molecule has 2 nitrogen and oxygen atoms in total. The van der Waals surface area contributed by atoms with E-state index in [0.29, 0.717) is 6.61 Å². The van der Waals surface area contributed by atoms with Crippen LogP contribution in [0.25, 0.3) is 10.9 Å². The van der Waals surface area contributed by atoms with Gasteiger partial charge in [0.05, 0.1) is 5.52 Å². The van der Waals surface area contributed by atoms with E-state index in [0.717, 1.165) is 26.7 Å². The van der Waals surface area contributed by atoms with Crippen LogP contribution in [0.5, 0.6) is 5.75 Å². The van der Waals surface area contributed by atoms with Crippen molar-refractivity contribution in [1.82, 2.24) is 4.98 Å². The van der Waals surface area contributed by atoms with Crippen LogP contribution >= 0.6 is 15.9 Å². The smallest absolute Gasteiger partial charge is 0.120 e. The van der Waals surface area contributed by atoms with E-state index in [2.05, 4.69) is 33.0 Å². The Hall–Kier alpha value is -1.87. The van der Waals surface area contributed by atoms with Gasteiger partial charge in [-0.1, -0.05) is 46.3 Å². The Bertz CT molecular complexity index is 706. The van der Waals surface area contributed by atoms with E-state index in [-0.39, 0.29) is 0 Å². The zero-order chi connectivity index (χ0) is 13.1. The van der Waals surface area contributed by atoms with E-state index in [4.69, 9.17) is 4.74 Å². The summed E-state index contributed by atoms with van der Waals surface area (Å²) in [4.78, 5) is 4.42. The lowest BCUT2D eigenvalue weighted by Crippen LogP contribution is -1.97. The summed E-state index contributed by atoms with van der Waals surface area (Å²) in [5.41, 5.74) is 2.10. The van der Waals surface area contributed by atoms with Crippen LogP contribution in [0.3, 0.4) is 0 Å². The highest BCUT2D eigenvalue weighted by atomic mass is 79.9. The van der Waals surface area contributed by atoms with Gasteiger partial charge in [0.2, 0.25) is 0 Å². The van der Waals surface area contributed by atoms with Crippen LogP contribution in [0, 0.1) is 0 Å². The number of nitrogens with zero attached hydrogens (tertiary/aromatic N) is 1. The Balaban J connectivity index is 1.86. The van der Waals surface area contributed by atoms with Crippen LogP contribution in [0.4, 0.5) is 0 Å². The van der Waals surface area contributed by atoms with Crippen molar-refractivity contribution in [1.29, 1.82) is 0 Å². The Kier molecular flexibility index (Phi) is 3.47. The molecular weight excluding hydrogens is 302 g/mol.